The van der Waals surface area contributed by atoms with Crippen LogP contribution in [0.2, 0.25) is 0 Å². The van der Waals surface area contributed by atoms with Gasteiger partial charge in [0, 0.05) is 0 Å². The van der Waals surface area contributed by atoms with E-state index in [4.69, 9.17) is 0 Å². The van der Waals surface area contributed by atoms with Crippen molar-refractivity contribution in [1.82, 2.24) is 0 Å². The van der Waals surface area contributed by atoms with Crippen LogP contribution in [-0.2, 0) is 0 Å². The van der Waals surface area contributed by atoms with Gasteiger partial charge in [0.1, 0.15) is 0 Å². The van der Waals surface area contributed by atoms with Crippen LogP contribution in [0.3, 0.4) is 0 Å². The van der Waals surface area contributed by atoms with E-state index in [0.717, 1.165) is 59.2 Å². The molecule has 0 atom stereocenters. The Morgan fingerprint density at radius 2 is 0.406 bits per heavy atom. The quantitative estimate of drug-likeness (QED) is 0.325. The molecule has 0 heteroatoms. The van der Waals surface area contributed by atoms with Crippen LogP contribution in [0.1, 0.15) is 138 Å². The standard InChI is InChI=1S/2C11H24.C10H22/c2*1-8(2)11(7,9(3)4)10(5)6;1-7(2)10(8(3)4)9(5)6/h2*8-10H,1-7H3;7-10H,1-6H3. The first-order valence-electron chi connectivity index (χ1n) is 14.1. The first kappa shape index (κ1) is 36.6. The SMILES string of the molecule is CC(C)C(C(C)C)C(C)C.CC(C)C(C)(C(C)C)C(C)C.CC(C)C(C)(C(C)C)C(C)C. The average molecular weight is 455 g/mol. The van der Waals surface area contributed by atoms with Gasteiger partial charge in [-0.05, 0) is 70.0 Å². The molecule has 0 rings (SSSR count). The Kier molecular flexibility index (Phi) is 18.1. The van der Waals surface area contributed by atoms with Gasteiger partial charge in [-0.2, -0.15) is 0 Å². The number of hydrogen-bond acceptors (Lipinski definition) is 0. The van der Waals surface area contributed by atoms with E-state index in [1.807, 2.05) is 0 Å². The van der Waals surface area contributed by atoms with E-state index < -0.39 is 0 Å². The molecule has 0 unspecified atom stereocenters. The lowest BCUT2D eigenvalue weighted by Crippen LogP contribution is -2.34. The van der Waals surface area contributed by atoms with E-state index >= 15 is 0 Å². The lowest BCUT2D eigenvalue weighted by molar-refractivity contribution is 0.0732. The molecule has 0 saturated heterocycles. The molecule has 0 aliphatic carbocycles. The third-order valence-electron chi connectivity index (χ3n) is 9.77. The fourth-order valence-electron chi connectivity index (χ4n) is 6.31. The summed E-state index contributed by atoms with van der Waals surface area (Å²) in [5, 5.41) is 0. The monoisotopic (exact) mass is 455 g/mol. The maximum absolute atomic E-state index is 2.41. The maximum atomic E-state index is 2.41. The van der Waals surface area contributed by atoms with Crippen molar-refractivity contribution in [1.29, 1.82) is 0 Å². The molecule has 0 fully saturated rings. The lowest BCUT2D eigenvalue weighted by Gasteiger charge is -2.41. The second-order valence-corrected chi connectivity index (χ2v) is 14.0. The second-order valence-electron chi connectivity index (χ2n) is 14.0. The first-order chi connectivity index (χ1) is 14.1. The summed E-state index contributed by atoms with van der Waals surface area (Å²) < 4.78 is 0. The molecule has 0 aromatic heterocycles. The summed E-state index contributed by atoms with van der Waals surface area (Å²) in [4.78, 5) is 0. The van der Waals surface area contributed by atoms with Crippen LogP contribution in [0.25, 0.3) is 0 Å². The highest BCUT2D eigenvalue weighted by Crippen LogP contribution is 2.42. The van der Waals surface area contributed by atoms with Crippen molar-refractivity contribution in [2.45, 2.75) is 138 Å². The topological polar surface area (TPSA) is 0 Å². The Bertz CT molecular complexity index is 338. The minimum absolute atomic E-state index is 0.500. The van der Waals surface area contributed by atoms with E-state index in [9.17, 15) is 0 Å². The molecular weight excluding hydrogens is 384 g/mol. The van der Waals surface area contributed by atoms with Gasteiger partial charge in [0.05, 0.1) is 0 Å². The van der Waals surface area contributed by atoms with Gasteiger partial charge < -0.3 is 0 Å². The molecule has 0 aliphatic heterocycles. The lowest BCUT2D eigenvalue weighted by atomic mass is 9.64. The van der Waals surface area contributed by atoms with Gasteiger partial charge in [-0.15, -0.1) is 0 Å². The van der Waals surface area contributed by atoms with Gasteiger partial charge >= 0.3 is 0 Å². The maximum Gasteiger partial charge on any atom is -0.0257 e. The Morgan fingerprint density at radius 1 is 0.281 bits per heavy atom. The molecule has 0 bridgehead atoms. The fraction of sp³-hybridized carbons (Fsp3) is 1.00. The Labute approximate surface area is 208 Å². The normalized spacial score (nSPS) is 13.3. The fourth-order valence-corrected chi connectivity index (χ4v) is 6.31. The summed E-state index contributed by atoms with van der Waals surface area (Å²) in [5.74, 6) is 8.07. The third kappa shape index (κ3) is 11.0. The van der Waals surface area contributed by atoms with Crippen molar-refractivity contribution in [3.05, 3.63) is 0 Å². The molecule has 0 aliphatic rings. The number of rotatable bonds is 9. The van der Waals surface area contributed by atoms with Crippen LogP contribution in [0.4, 0.5) is 0 Å². The molecule has 32 heavy (non-hydrogen) atoms. The van der Waals surface area contributed by atoms with E-state index in [1.165, 1.54) is 0 Å². The Balaban J connectivity index is -0.000000395. The smallest absolute Gasteiger partial charge is 0.0257 e. The van der Waals surface area contributed by atoms with Crippen LogP contribution < -0.4 is 0 Å². The van der Waals surface area contributed by atoms with Gasteiger partial charge in [-0.25, -0.2) is 0 Å². The zero-order valence-electron chi connectivity index (χ0n) is 26.8. The first-order valence-corrected chi connectivity index (χ1v) is 14.1. The molecule has 198 valence electrons. The molecule has 0 aromatic carbocycles. The highest BCUT2D eigenvalue weighted by Gasteiger charge is 2.35. The van der Waals surface area contributed by atoms with Gasteiger partial charge in [0.25, 0.3) is 0 Å². The number of hydrogen-bond donors (Lipinski definition) is 0. The predicted molar refractivity (Wildman–Crippen MR) is 153 cm³/mol. The summed E-state index contributed by atoms with van der Waals surface area (Å²) >= 11 is 0. The van der Waals surface area contributed by atoms with Gasteiger partial charge in [-0.3, -0.25) is 0 Å². The molecule has 0 nitrogen and oxygen atoms in total. The van der Waals surface area contributed by atoms with Crippen LogP contribution in [0.5, 0.6) is 0 Å². The summed E-state index contributed by atoms with van der Waals surface area (Å²) in [6, 6.07) is 0. The molecule has 0 N–H and O–H groups in total. The average Bonchev–Trinajstić information content (AvgIpc) is 2.58. The largest absolute Gasteiger partial charge is 0.0625 e. The molecule has 0 aromatic rings. The second kappa shape index (κ2) is 15.8. The van der Waals surface area contributed by atoms with Crippen molar-refractivity contribution < 1.29 is 0 Å². The summed E-state index contributed by atoms with van der Waals surface area (Å²) in [7, 11) is 0. The minimum Gasteiger partial charge on any atom is -0.0625 e. The summed E-state index contributed by atoms with van der Waals surface area (Å²) in [5.41, 5.74) is 1.00. The van der Waals surface area contributed by atoms with Crippen LogP contribution in [-0.4, -0.2) is 0 Å². The van der Waals surface area contributed by atoms with Crippen molar-refractivity contribution in [2.24, 2.45) is 70.0 Å². The van der Waals surface area contributed by atoms with Crippen LogP contribution in [0.15, 0.2) is 0 Å². The van der Waals surface area contributed by atoms with E-state index in [0.29, 0.717) is 10.8 Å². The molecule has 0 heterocycles. The van der Waals surface area contributed by atoms with E-state index in [1.54, 1.807) is 0 Å². The predicted octanol–water partition coefficient (Wildman–Crippen LogP) is 11.5. The highest BCUT2D eigenvalue weighted by molar-refractivity contribution is 4.84. The highest BCUT2D eigenvalue weighted by atomic mass is 14.4. The van der Waals surface area contributed by atoms with E-state index in [-0.39, 0.29) is 0 Å². The van der Waals surface area contributed by atoms with Crippen molar-refractivity contribution in [3.8, 4) is 0 Å². The Morgan fingerprint density at radius 3 is 0.406 bits per heavy atom. The summed E-state index contributed by atoms with van der Waals surface area (Å²) in [6.07, 6.45) is 0. The van der Waals surface area contributed by atoms with Crippen LogP contribution >= 0.6 is 0 Å². The minimum atomic E-state index is 0.500. The van der Waals surface area contributed by atoms with Crippen LogP contribution in [0, 0.1) is 70.0 Å². The zero-order chi connectivity index (χ0) is 26.8. The molecule has 0 spiro atoms. The van der Waals surface area contributed by atoms with Crippen molar-refractivity contribution in [3.63, 3.8) is 0 Å². The Hall–Kier alpha value is 0. The summed E-state index contributed by atoms with van der Waals surface area (Å²) in [6.45, 7) is 46.8. The molecule has 0 radical (unpaired) electrons. The zero-order valence-corrected chi connectivity index (χ0v) is 26.8. The molecule has 0 amide bonds. The van der Waals surface area contributed by atoms with Gasteiger partial charge in [0.2, 0.25) is 0 Å². The third-order valence-corrected chi connectivity index (χ3v) is 9.77. The molecular formula is C32H70. The van der Waals surface area contributed by atoms with Gasteiger partial charge in [-0.1, -0.05) is 138 Å². The van der Waals surface area contributed by atoms with Crippen molar-refractivity contribution in [2.75, 3.05) is 0 Å². The van der Waals surface area contributed by atoms with Gasteiger partial charge in [0.15, 0.2) is 0 Å². The molecule has 0 saturated carbocycles. The van der Waals surface area contributed by atoms with Crippen molar-refractivity contribution >= 4 is 0 Å². The van der Waals surface area contributed by atoms with E-state index in [2.05, 4.69) is 138 Å².